The summed E-state index contributed by atoms with van der Waals surface area (Å²) in [5.74, 6) is -1.07. The average molecular weight is 465 g/mol. The molecule has 4 rings (SSSR count). The zero-order valence-electron chi connectivity index (χ0n) is 18.1. The van der Waals surface area contributed by atoms with Crippen molar-refractivity contribution in [3.63, 3.8) is 0 Å². The summed E-state index contributed by atoms with van der Waals surface area (Å²) in [5.41, 5.74) is 1.19. The zero-order valence-corrected chi connectivity index (χ0v) is 18.9. The van der Waals surface area contributed by atoms with E-state index in [1.54, 1.807) is 18.2 Å². The fraction of sp³-hybridized carbons (Fsp3) is 0.360. The van der Waals surface area contributed by atoms with E-state index in [-0.39, 0.29) is 24.8 Å². The summed E-state index contributed by atoms with van der Waals surface area (Å²) >= 11 is 6.43. The van der Waals surface area contributed by atoms with Crippen LogP contribution in [-0.4, -0.2) is 34.8 Å². The number of imide groups is 1. The molecule has 0 aromatic heterocycles. The Kier molecular flexibility index (Phi) is 6.66. The molecule has 1 spiro atoms. The third-order valence-electron chi connectivity index (χ3n) is 6.37. The van der Waals surface area contributed by atoms with Gasteiger partial charge in [-0.2, -0.15) is 5.26 Å². The molecular formula is C25H25ClN4O3. The van der Waals surface area contributed by atoms with E-state index < -0.39 is 17.5 Å². The number of nitrogens with one attached hydrogen (secondary N) is 2. The molecule has 1 saturated carbocycles. The number of nitrogens with zero attached hydrogens (tertiary/aromatic N) is 2. The first-order chi connectivity index (χ1) is 15.9. The molecule has 1 aliphatic heterocycles. The molecule has 4 amide bonds. The lowest BCUT2D eigenvalue weighted by molar-refractivity contribution is -0.132. The largest absolute Gasteiger partial charge is 0.326 e. The molecule has 2 fully saturated rings. The van der Waals surface area contributed by atoms with Crippen LogP contribution in [0.15, 0.2) is 48.5 Å². The number of anilines is 1. The van der Waals surface area contributed by atoms with E-state index in [2.05, 4.69) is 16.7 Å². The molecule has 2 aliphatic rings. The second-order valence-electron chi connectivity index (χ2n) is 8.54. The first-order valence-corrected chi connectivity index (χ1v) is 11.5. The van der Waals surface area contributed by atoms with E-state index in [9.17, 15) is 19.6 Å². The van der Waals surface area contributed by atoms with E-state index in [1.807, 2.05) is 30.3 Å². The number of hydrogen-bond donors (Lipinski definition) is 2. The number of carbonyl (C=O) groups excluding carboxylic acids is 3. The van der Waals surface area contributed by atoms with Gasteiger partial charge in [0.15, 0.2) is 0 Å². The van der Waals surface area contributed by atoms with E-state index in [0.717, 1.165) is 29.7 Å². The number of amides is 4. The Morgan fingerprint density at radius 3 is 2.55 bits per heavy atom. The lowest BCUT2D eigenvalue weighted by Gasteiger charge is -2.30. The summed E-state index contributed by atoms with van der Waals surface area (Å²) in [4.78, 5) is 38.8. The van der Waals surface area contributed by atoms with Gasteiger partial charge in [-0.1, -0.05) is 67.3 Å². The summed E-state index contributed by atoms with van der Waals surface area (Å²) < 4.78 is 0. The first-order valence-electron chi connectivity index (χ1n) is 11.1. The van der Waals surface area contributed by atoms with Crippen LogP contribution in [0.3, 0.4) is 0 Å². The van der Waals surface area contributed by atoms with Gasteiger partial charge in [-0.25, -0.2) is 4.79 Å². The molecule has 0 bridgehead atoms. The number of hydrogen-bond acceptors (Lipinski definition) is 4. The maximum Gasteiger partial charge on any atom is 0.325 e. The van der Waals surface area contributed by atoms with Crippen LogP contribution in [0.25, 0.3) is 0 Å². The maximum atomic E-state index is 12.8. The zero-order chi connectivity index (χ0) is 23.4. The van der Waals surface area contributed by atoms with Crippen molar-refractivity contribution in [1.82, 2.24) is 10.2 Å². The van der Waals surface area contributed by atoms with Gasteiger partial charge in [-0.05, 0) is 36.1 Å². The van der Waals surface area contributed by atoms with Gasteiger partial charge in [0, 0.05) is 23.7 Å². The summed E-state index contributed by atoms with van der Waals surface area (Å²) in [6, 6.07) is 16.2. The van der Waals surface area contributed by atoms with Crippen molar-refractivity contribution in [3.8, 4) is 6.07 Å². The van der Waals surface area contributed by atoms with Crippen molar-refractivity contribution in [2.24, 2.45) is 0 Å². The molecule has 2 aromatic rings. The Labute approximate surface area is 197 Å². The van der Waals surface area contributed by atoms with Crippen LogP contribution in [0.2, 0.25) is 5.02 Å². The normalized spacial score (nSPS) is 18.0. The van der Waals surface area contributed by atoms with Crippen LogP contribution in [0, 0.1) is 11.3 Å². The quantitative estimate of drug-likeness (QED) is 0.611. The second kappa shape index (κ2) is 9.63. The van der Waals surface area contributed by atoms with E-state index >= 15 is 0 Å². The Morgan fingerprint density at radius 2 is 1.88 bits per heavy atom. The first kappa shape index (κ1) is 22.8. The molecule has 2 N–H and O–H groups in total. The highest BCUT2D eigenvalue weighted by Gasteiger charge is 2.51. The standard InChI is InChI=1S/C25H25ClN4O3/c26-21-15-18(9-10-19(21)20(16-27)17-7-3-1-4-8-17)28-22(31)11-14-30-23(32)25(29-24(30)33)12-5-2-6-13-25/h1,3-4,7-10,15,20H,2,5-6,11-14H2,(H,28,31)(H,29,33). The number of halogens is 1. The highest BCUT2D eigenvalue weighted by atomic mass is 35.5. The molecule has 33 heavy (non-hydrogen) atoms. The number of urea groups is 1. The SMILES string of the molecule is N#CC(c1ccccc1)c1ccc(NC(=O)CCN2C(=O)NC3(CCCCC3)C2=O)cc1Cl. The topological polar surface area (TPSA) is 102 Å². The van der Waals surface area contributed by atoms with Gasteiger partial charge in [0.05, 0.1) is 12.0 Å². The summed E-state index contributed by atoms with van der Waals surface area (Å²) in [6.07, 6.45) is 4.17. The van der Waals surface area contributed by atoms with Crippen LogP contribution in [-0.2, 0) is 9.59 Å². The smallest absolute Gasteiger partial charge is 0.325 e. The van der Waals surface area contributed by atoms with Gasteiger partial charge >= 0.3 is 6.03 Å². The third kappa shape index (κ3) is 4.71. The Bertz CT molecular complexity index is 1110. The number of nitriles is 1. The summed E-state index contributed by atoms with van der Waals surface area (Å²) in [6.45, 7) is 0.0224. The van der Waals surface area contributed by atoms with E-state index in [4.69, 9.17) is 11.6 Å². The minimum absolute atomic E-state index is 0.0144. The molecule has 1 saturated heterocycles. The molecular weight excluding hydrogens is 440 g/mol. The van der Waals surface area contributed by atoms with E-state index in [1.165, 1.54) is 0 Å². The molecule has 1 atom stereocenters. The second-order valence-corrected chi connectivity index (χ2v) is 8.94. The van der Waals surface area contributed by atoms with Crippen LogP contribution < -0.4 is 10.6 Å². The predicted octanol–water partition coefficient (Wildman–Crippen LogP) is 4.58. The molecule has 8 heteroatoms. The maximum absolute atomic E-state index is 12.8. The molecule has 170 valence electrons. The van der Waals surface area contributed by atoms with Gasteiger partial charge in [-0.15, -0.1) is 0 Å². The molecule has 7 nitrogen and oxygen atoms in total. The van der Waals surface area contributed by atoms with Crippen molar-refractivity contribution in [2.45, 2.75) is 50.0 Å². The van der Waals surface area contributed by atoms with Crippen LogP contribution in [0.1, 0.15) is 55.6 Å². The summed E-state index contributed by atoms with van der Waals surface area (Å²) in [5, 5.41) is 15.6. The Balaban J connectivity index is 1.37. The third-order valence-corrected chi connectivity index (χ3v) is 6.70. The fourth-order valence-electron chi connectivity index (χ4n) is 4.62. The summed E-state index contributed by atoms with van der Waals surface area (Å²) in [7, 11) is 0. The highest BCUT2D eigenvalue weighted by Crippen LogP contribution is 2.34. The van der Waals surface area contributed by atoms with Gasteiger partial charge in [0.2, 0.25) is 5.91 Å². The van der Waals surface area contributed by atoms with Gasteiger partial charge in [0.1, 0.15) is 5.54 Å². The lowest BCUT2D eigenvalue weighted by atomic mass is 9.82. The molecule has 1 heterocycles. The van der Waals surface area contributed by atoms with Crippen molar-refractivity contribution >= 4 is 35.1 Å². The molecule has 2 aromatic carbocycles. The monoisotopic (exact) mass is 464 g/mol. The van der Waals surface area contributed by atoms with Crippen LogP contribution in [0.5, 0.6) is 0 Å². The van der Waals surface area contributed by atoms with Gasteiger partial charge in [-0.3, -0.25) is 14.5 Å². The predicted molar refractivity (Wildman–Crippen MR) is 125 cm³/mol. The number of benzene rings is 2. The van der Waals surface area contributed by atoms with E-state index in [0.29, 0.717) is 29.1 Å². The van der Waals surface area contributed by atoms with Crippen LogP contribution >= 0.6 is 11.6 Å². The lowest BCUT2D eigenvalue weighted by Crippen LogP contribution is -2.48. The van der Waals surface area contributed by atoms with Crippen molar-refractivity contribution in [1.29, 1.82) is 5.26 Å². The van der Waals surface area contributed by atoms with Gasteiger partial charge in [0.25, 0.3) is 5.91 Å². The Morgan fingerprint density at radius 1 is 1.15 bits per heavy atom. The molecule has 1 aliphatic carbocycles. The molecule has 0 radical (unpaired) electrons. The average Bonchev–Trinajstić information content (AvgIpc) is 3.04. The Hall–Kier alpha value is -3.37. The number of carbonyl (C=O) groups is 3. The van der Waals surface area contributed by atoms with Gasteiger partial charge < -0.3 is 10.6 Å². The van der Waals surface area contributed by atoms with Crippen molar-refractivity contribution in [3.05, 3.63) is 64.7 Å². The minimum atomic E-state index is -0.787. The molecule has 1 unspecified atom stereocenters. The highest BCUT2D eigenvalue weighted by molar-refractivity contribution is 6.31. The number of rotatable bonds is 6. The van der Waals surface area contributed by atoms with Crippen molar-refractivity contribution < 1.29 is 14.4 Å². The van der Waals surface area contributed by atoms with Crippen molar-refractivity contribution in [2.75, 3.05) is 11.9 Å². The minimum Gasteiger partial charge on any atom is -0.326 e. The van der Waals surface area contributed by atoms with Crippen LogP contribution in [0.4, 0.5) is 10.5 Å². The fourth-order valence-corrected chi connectivity index (χ4v) is 4.91.